The molecule has 0 saturated carbocycles. The molecule has 0 unspecified atom stereocenters. The number of nitrogens with zero attached hydrogens (tertiary/aromatic N) is 4. The van der Waals surface area contributed by atoms with E-state index >= 15 is 0 Å². The lowest BCUT2D eigenvalue weighted by molar-refractivity contribution is 0.0691. The van der Waals surface area contributed by atoms with Crippen LogP contribution in [0.4, 0.5) is 5.82 Å². The third-order valence-corrected chi connectivity index (χ3v) is 3.91. The smallest absolute Gasteiger partial charge is 0.358 e. The van der Waals surface area contributed by atoms with Gasteiger partial charge in [-0.25, -0.2) is 19.7 Å². The molecule has 0 bridgehead atoms. The minimum Gasteiger partial charge on any atom is -0.476 e. The minimum absolute atomic E-state index is 0.205. The molecule has 0 aromatic carbocycles. The number of aromatic nitrogens is 4. The van der Waals surface area contributed by atoms with E-state index < -0.39 is 21.7 Å². The Bertz CT molecular complexity index is 784. The zero-order chi connectivity index (χ0) is 15.6. The van der Waals surface area contributed by atoms with E-state index in [-0.39, 0.29) is 10.8 Å². The second kappa shape index (κ2) is 5.48. The van der Waals surface area contributed by atoms with Crippen molar-refractivity contribution in [3.63, 3.8) is 0 Å². The lowest BCUT2D eigenvalue weighted by Gasteiger charge is -2.06. The third kappa shape index (κ3) is 2.99. The van der Waals surface area contributed by atoms with Gasteiger partial charge in [0.2, 0.25) is 0 Å². The molecule has 112 valence electrons. The molecule has 0 saturated heterocycles. The molecule has 0 radical (unpaired) electrons. The highest BCUT2D eigenvalue weighted by Gasteiger charge is 2.23. The summed E-state index contributed by atoms with van der Waals surface area (Å²) < 4.78 is 28.2. The maximum absolute atomic E-state index is 12.2. The average molecular weight is 311 g/mol. The number of sulfonamides is 1. The van der Waals surface area contributed by atoms with Gasteiger partial charge in [0.25, 0.3) is 10.0 Å². The van der Waals surface area contributed by atoms with E-state index in [1.54, 1.807) is 11.5 Å². The Morgan fingerprint density at radius 1 is 1.38 bits per heavy atom. The van der Waals surface area contributed by atoms with Gasteiger partial charge in [0.15, 0.2) is 16.5 Å². The largest absolute Gasteiger partial charge is 0.476 e. The normalized spacial score (nSPS) is 11.3. The zero-order valence-electron chi connectivity index (χ0n) is 11.3. The van der Waals surface area contributed by atoms with Crippen molar-refractivity contribution in [2.24, 2.45) is 0 Å². The van der Waals surface area contributed by atoms with E-state index in [1.165, 1.54) is 12.4 Å². The van der Waals surface area contributed by atoms with Gasteiger partial charge in [0.05, 0.1) is 0 Å². The Kier molecular flexibility index (Phi) is 3.89. The molecule has 2 aromatic heterocycles. The monoisotopic (exact) mass is 311 g/mol. The van der Waals surface area contributed by atoms with Gasteiger partial charge in [-0.1, -0.05) is 0 Å². The molecule has 2 aromatic rings. The van der Waals surface area contributed by atoms with Crippen LogP contribution in [-0.4, -0.2) is 39.0 Å². The fourth-order valence-electron chi connectivity index (χ4n) is 1.68. The summed E-state index contributed by atoms with van der Waals surface area (Å²) in [7, 11) is -4.03. The summed E-state index contributed by atoms with van der Waals surface area (Å²) in [6.07, 6.45) is 3.73. The first-order chi connectivity index (χ1) is 9.85. The summed E-state index contributed by atoms with van der Waals surface area (Å²) in [5.74, 6) is -1.19. The van der Waals surface area contributed by atoms with Gasteiger partial charge in [-0.15, -0.1) is 0 Å². The van der Waals surface area contributed by atoms with E-state index in [1.807, 2.05) is 6.92 Å². The molecule has 0 atom stereocenters. The van der Waals surface area contributed by atoms with Gasteiger partial charge >= 0.3 is 5.97 Å². The maximum Gasteiger partial charge on any atom is 0.358 e. The van der Waals surface area contributed by atoms with Gasteiger partial charge in [-0.3, -0.25) is 4.72 Å². The van der Waals surface area contributed by atoms with Crippen LogP contribution in [0.1, 0.15) is 23.2 Å². The predicted molar refractivity (Wildman–Crippen MR) is 72.4 cm³/mol. The molecule has 0 amide bonds. The molecule has 0 aliphatic carbocycles. The summed E-state index contributed by atoms with van der Waals surface area (Å²) in [6.45, 7) is 4.09. The first-order valence-corrected chi connectivity index (χ1v) is 7.44. The number of hydrogen-bond donors (Lipinski definition) is 2. The summed E-state index contributed by atoms with van der Waals surface area (Å²) in [5, 5.41) is 8.76. The molecule has 9 nitrogen and oxygen atoms in total. The van der Waals surface area contributed by atoms with Crippen molar-refractivity contribution in [2.45, 2.75) is 25.4 Å². The average Bonchev–Trinajstić information content (AvgIpc) is 2.81. The Labute approximate surface area is 120 Å². The van der Waals surface area contributed by atoms with Crippen LogP contribution in [0.25, 0.3) is 0 Å². The Morgan fingerprint density at radius 2 is 2.05 bits per heavy atom. The number of carboxylic acid groups (broad SMARTS) is 1. The minimum atomic E-state index is -4.03. The second-order valence-corrected chi connectivity index (χ2v) is 5.71. The van der Waals surface area contributed by atoms with Crippen LogP contribution < -0.4 is 4.72 Å². The lowest BCUT2D eigenvalue weighted by Crippen LogP contribution is -2.18. The summed E-state index contributed by atoms with van der Waals surface area (Å²) in [4.78, 5) is 22.2. The standard InChI is InChI=1S/C11H13N5O4S/c1-3-16-6-8(14-7(16)2)21(19,20)15-10-9(11(17)18)12-4-5-13-10/h4-6H,3H2,1-2H3,(H,13,15)(H,17,18). The zero-order valence-corrected chi connectivity index (χ0v) is 12.1. The molecule has 21 heavy (non-hydrogen) atoms. The fraction of sp³-hybridized carbons (Fsp3) is 0.273. The molecule has 0 aliphatic rings. The number of aromatic carboxylic acids is 1. The number of imidazole rings is 1. The molecule has 0 aliphatic heterocycles. The number of carboxylic acids is 1. The van der Waals surface area contributed by atoms with E-state index in [4.69, 9.17) is 5.11 Å². The topological polar surface area (TPSA) is 127 Å². The van der Waals surface area contributed by atoms with Crippen LogP contribution in [0.15, 0.2) is 23.6 Å². The highest BCUT2D eigenvalue weighted by atomic mass is 32.2. The Hall–Kier alpha value is -2.49. The molecule has 2 heterocycles. The maximum atomic E-state index is 12.2. The predicted octanol–water partition coefficient (Wildman–Crippen LogP) is 0.500. The van der Waals surface area contributed by atoms with Gasteiger partial charge in [-0.2, -0.15) is 8.42 Å². The van der Waals surface area contributed by atoms with Crippen LogP contribution in [0.3, 0.4) is 0 Å². The third-order valence-electron chi connectivity index (χ3n) is 2.70. The Balaban J connectivity index is 2.40. The quantitative estimate of drug-likeness (QED) is 0.823. The van der Waals surface area contributed by atoms with Gasteiger partial charge in [0.1, 0.15) is 5.82 Å². The van der Waals surface area contributed by atoms with Crippen molar-refractivity contribution >= 4 is 21.8 Å². The van der Waals surface area contributed by atoms with Crippen molar-refractivity contribution < 1.29 is 18.3 Å². The molecule has 0 spiro atoms. The van der Waals surface area contributed by atoms with E-state index in [0.29, 0.717) is 12.4 Å². The van der Waals surface area contributed by atoms with Crippen molar-refractivity contribution in [1.29, 1.82) is 0 Å². The molecular formula is C11H13N5O4S. The highest BCUT2D eigenvalue weighted by Crippen LogP contribution is 2.16. The van der Waals surface area contributed by atoms with Crippen molar-refractivity contribution in [2.75, 3.05) is 4.72 Å². The number of anilines is 1. The van der Waals surface area contributed by atoms with Crippen LogP contribution >= 0.6 is 0 Å². The van der Waals surface area contributed by atoms with Crippen molar-refractivity contribution in [3.8, 4) is 0 Å². The summed E-state index contributed by atoms with van der Waals surface area (Å²) in [5.41, 5.74) is -0.479. The van der Waals surface area contributed by atoms with Crippen molar-refractivity contribution in [1.82, 2.24) is 19.5 Å². The van der Waals surface area contributed by atoms with Crippen LogP contribution in [0.2, 0.25) is 0 Å². The fourth-order valence-corrected chi connectivity index (χ4v) is 2.70. The highest BCUT2D eigenvalue weighted by molar-refractivity contribution is 7.92. The molecule has 0 fully saturated rings. The number of carbonyl (C=O) groups is 1. The van der Waals surface area contributed by atoms with Gasteiger partial charge in [-0.05, 0) is 13.8 Å². The number of aryl methyl sites for hydroxylation is 2. The number of rotatable bonds is 5. The summed E-state index contributed by atoms with van der Waals surface area (Å²) >= 11 is 0. The molecule has 2 N–H and O–H groups in total. The molecule has 2 rings (SSSR count). The number of nitrogens with one attached hydrogen (secondary N) is 1. The van der Waals surface area contributed by atoms with Crippen LogP contribution in [-0.2, 0) is 16.6 Å². The first kappa shape index (κ1) is 14.9. The number of hydrogen-bond acceptors (Lipinski definition) is 6. The lowest BCUT2D eigenvalue weighted by atomic mass is 10.4. The van der Waals surface area contributed by atoms with E-state index in [2.05, 4.69) is 19.7 Å². The summed E-state index contributed by atoms with van der Waals surface area (Å²) in [6, 6.07) is 0. The second-order valence-electron chi connectivity index (χ2n) is 4.08. The molecular weight excluding hydrogens is 298 g/mol. The molecule has 10 heteroatoms. The van der Waals surface area contributed by atoms with Gasteiger partial charge in [0, 0.05) is 25.1 Å². The Morgan fingerprint density at radius 3 is 2.62 bits per heavy atom. The first-order valence-electron chi connectivity index (χ1n) is 5.96. The van der Waals surface area contributed by atoms with Crippen LogP contribution in [0, 0.1) is 6.92 Å². The van der Waals surface area contributed by atoms with E-state index in [0.717, 1.165) is 6.20 Å². The SMILES string of the molecule is CCn1cc(S(=O)(=O)Nc2nccnc2C(=O)O)nc1C. The van der Waals surface area contributed by atoms with Crippen molar-refractivity contribution in [3.05, 3.63) is 30.1 Å². The van der Waals surface area contributed by atoms with E-state index in [9.17, 15) is 13.2 Å². The van der Waals surface area contributed by atoms with Gasteiger partial charge < -0.3 is 9.67 Å². The van der Waals surface area contributed by atoms with Crippen LogP contribution in [0.5, 0.6) is 0 Å².